The summed E-state index contributed by atoms with van der Waals surface area (Å²) in [4.78, 5) is -0.447. The second kappa shape index (κ2) is 5.01. The van der Waals surface area contributed by atoms with E-state index < -0.39 is 26.3 Å². The number of rotatable bonds is 2. The molecule has 0 radical (unpaired) electrons. The summed E-state index contributed by atoms with van der Waals surface area (Å²) in [7, 11) is -3.97. The summed E-state index contributed by atoms with van der Waals surface area (Å²) < 4.78 is 39.7. The molecule has 0 spiro atoms. The maximum absolute atomic E-state index is 13.8. The summed E-state index contributed by atoms with van der Waals surface area (Å²) in [5.74, 6) is -0.950. The highest BCUT2D eigenvalue weighted by atomic mass is 35.5. The molecule has 1 fully saturated rings. The van der Waals surface area contributed by atoms with Crippen molar-refractivity contribution in [2.24, 2.45) is 0 Å². The molecule has 0 aliphatic carbocycles. The molecular weight excluding hydrogens is 293 g/mol. The minimum absolute atomic E-state index is 0.0404. The average molecular weight is 308 g/mol. The Bertz CT molecular complexity index is 589. The number of sulfonamides is 1. The molecule has 2 rings (SSSR count). The molecular formula is C12H15ClFNO3S. The standard InChI is InChI=1S/C12H15ClFNO3S/c1-12(16)6-3-7-15(8-12)19(17,18)10-5-2-4-9(13)11(10)14/h2,4-5,16H,3,6-8H2,1H3. The van der Waals surface area contributed by atoms with E-state index in [-0.39, 0.29) is 18.1 Å². The molecule has 1 aliphatic heterocycles. The predicted molar refractivity (Wildman–Crippen MR) is 70.0 cm³/mol. The smallest absolute Gasteiger partial charge is 0.246 e. The number of piperidine rings is 1. The van der Waals surface area contributed by atoms with Crippen LogP contribution in [-0.4, -0.2) is 36.5 Å². The van der Waals surface area contributed by atoms with Crippen LogP contribution in [0, 0.1) is 5.82 Å². The minimum Gasteiger partial charge on any atom is -0.389 e. The fourth-order valence-corrected chi connectivity index (χ4v) is 4.11. The summed E-state index contributed by atoms with van der Waals surface area (Å²) in [6, 6.07) is 3.86. The number of halogens is 2. The van der Waals surface area contributed by atoms with Crippen LogP contribution in [0.4, 0.5) is 4.39 Å². The Kier molecular flexibility index (Phi) is 3.88. The van der Waals surface area contributed by atoms with E-state index in [0.29, 0.717) is 12.8 Å². The highest BCUT2D eigenvalue weighted by Crippen LogP contribution is 2.29. The predicted octanol–water partition coefficient (Wildman–Crippen LogP) is 2.01. The van der Waals surface area contributed by atoms with Crippen LogP contribution in [-0.2, 0) is 10.0 Å². The van der Waals surface area contributed by atoms with Gasteiger partial charge in [-0.2, -0.15) is 4.31 Å². The summed E-state index contributed by atoms with van der Waals surface area (Å²) in [5.41, 5.74) is -1.08. The van der Waals surface area contributed by atoms with E-state index in [1.807, 2.05) is 0 Å². The fourth-order valence-electron chi connectivity index (χ4n) is 2.20. The first kappa shape index (κ1) is 14.7. The van der Waals surface area contributed by atoms with Crippen LogP contribution in [0.5, 0.6) is 0 Å². The second-order valence-electron chi connectivity index (χ2n) is 4.99. The van der Waals surface area contributed by atoms with Crippen molar-refractivity contribution >= 4 is 21.6 Å². The van der Waals surface area contributed by atoms with Gasteiger partial charge in [0.15, 0.2) is 5.82 Å². The molecule has 1 atom stereocenters. The first-order valence-corrected chi connectivity index (χ1v) is 7.72. The van der Waals surface area contributed by atoms with Gasteiger partial charge in [-0.15, -0.1) is 0 Å². The number of nitrogens with zero attached hydrogens (tertiary/aromatic N) is 1. The SMILES string of the molecule is CC1(O)CCCN(S(=O)(=O)c2cccc(Cl)c2F)C1. The van der Waals surface area contributed by atoms with E-state index in [2.05, 4.69) is 0 Å². The van der Waals surface area contributed by atoms with Gasteiger partial charge < -0.3 is 5.11 Å². The van der Waals surface area contributed by atoms with Crippen molar-refractivity contribution in [1.29, 1.82) is 0 Å². The Balaban J connectivity index is 2.40. The van der Waals surface area contributed by atoms with Crippen LogP contribution in [0.15, 0.2) is 23.1 Å². The lowest BCUT2D eigenvalue weighted by Crippen LogP contribution is -2.48. The van der Waals surface area contributed by atoms with E-state index in [4.69, 9.17) is 11.6 Å². The molecule has 0 amide bonds. The Morgan fingerprint density at radius 1 is 1.47 bits per heavy atom. The average Bonchev–Trinajstić information content (AvgIpc) is 2.31. The minimum atomic E-state index is -3.97. The molecule has 1 heterocycles. The van der Waals surface area contributed by atoms with Gasteiger partial charge >= 0.3 is 0 Å². The lowest BCUT2D eigenvalue weighted by atomic mass is 9.97. The molecule has 0 bridgehead atoms. The number of hydrogen-bond donors (Lipinski definition) is 1. The highest BCUT2D eigenvalue weighted by Gasteiger charge is 2.36. The molecule has 1 aromatic carbocycles. The third-order valence-electron chi connectivity index (χ3n) is 3.17. The molecule has 19 heavy (non-hydrogen) atoms. The fraction of sp³-hybridized carbons (Fsp3) is 0.500. The van der Waals surface area contributed by atoms with Crippen molar-refractivity contribution < 1.29 is 17.9 Å². The lowest BCUT2D eigenvalue weighted by molar-refractivity contribution is 0.00934. The monoisotopic (exact) mass is 307 g/mol. The van der Waals surface area contributed by atoms with E-state index in [9.17, 15) is 17.9 Å². The summed E-state index contributed by atoms with van der Waals surface area (Å²) >= 11 is 5.61. The molecule has 106 valence electrons. The topological polar surface area (TPSA) is 57.6 Å². The van der Waals surface area contributed by atoms with Crippen molar-refractivity contribution in [2.75, 3.05) is 13.1 Å². The molecule has 1 aromatic rings. The van der Waals surface area contributed by atoms with E-state index in [0.717, 1.165) is 4.31 Å². The van der Waals surface area contributed by atoms with Crippen LogP contribution in [0.2, 0.25) is 5.02 Å². The van der Waals surface area contributed by atoms with Gasteiger partial charge in [0.1, 0.15) is 4.90 Å². The largest absolute Gasteiger partial charge is 0.389 e. The number of benzene rings is 1. The highest BCUT2D eigenvalue weighted by molar-refractivity contribution is 7.89. The maximum atomic E-state index is 13.8. The van der Waals surface area contributed by atoms with Crippen molar-refractivity contribution in [3.8, 4) is 0 Å². The van der Waals surface area contributed by atoms with E-state index >= 15 is 0 Å². The van der Waals surface area contributed by atoms with Crippen molar-refractivity contribution in [3.63, 3.8) is 0 Å². The summed E-state index contributed by atoms with van der Waals surface area (Å²) in [6.07, 6.45) is 1.06. The van der Waals surface area contributed by atoms with Crippen LogP contribution in [0.3, 0.4) is 0 Å². The van der Waals surface area contributed by atoms with E-state index in [1.54, 1.807) is 6.92 Å². The third kappa shape index (κ3) is 2.91. The van der Waals surface area contributed by atoms with Gasteiger partial charge in [0.2, 0.25) is 10.0 Å². The maximum Gasteiger partial charge on any atom is 0.246 e. The van der Waals surface area contributed by atoms with Gasteiger partial charge in [0.05, 0.1) is 10.6 Å². The van der Waals surface area contributed by atoms with Crippen LogP contribution in [0.1, 0.15) is 19.8 Å². The second-order valence-corrected chi connectivity index (χ2v) is 7.30. The third-order valence-corrected chi connectivity index (χ3v) is 5.33. The number of hydrogen-bond acceptors (Lipinski definition) is 3. The molecule has 0 saturated carbocycles. The Morgan fingerprint density at radius 2 is 2.16 bits per heavy atom. The molecule has 1 unspecified atom stereocenters. The van der Waals surface area contributed by atoms with Crippen LogP contribution >= 0.6 is 11.6 Å². The molecule has 4 nitrogen and oxygen atoms in total. The molecule has 0 aromatic heterocycles. The van der Waals surface area contributed by atoms with Gasteiger partial charge in [-0.05, 0) is 31.9 Å². The van der Waals surface area contributed by atoms with Gasteiger partial charge in [-0.3, -0.25) is 0 Å². The van der Waals surface area contributed by atoms with Crippen molar-refractivity contribution in [3.05, 3.63) is 29.0 Å². The zero-order valence-corrected chi connectivity index (χ0v) is 12.0. The normalized spacial score (nSPS) is 25.5. The number of β-amino-alcohol motifs (C(OH)–C–C–N with tert-alkyl or cyclic N) is 1. The van der Waals surface area contributed by atoms with Crippen molar-refractivity contribution in [2.45, 2.75) is 30.3 Å². The Labute approximate surface area is 116 Å². The molecule has 7 heteroatoms. The lowest BCUT2D eigenvalue weighted by Gasteiger charge is -2.35. The molecule has 1 aliphatic rings. The Hall–Kier alpha value is -0.690. The Morgan fingerprint density at radius 3 is 2.79 bits per heavy atom. The quantitative estimate of drug-likeness (QED) is 0.909. The first-order valence-electron chi connectivity index (χ1n) is 5.91. The number of aliphatic hydroxyl groups is 1. The van der Waals surface area contributed by atoms with Crippen LogP contribution < -0.4 is 0 Å². The van der Waals surface area contributed by atoms with Crippen LogP contribution in [0.25, 0.3) is 0 Å². The molecule has 1 saturated heterocycles. The van der Waals surface area contributed by atoms with Gasteiger partial charge in [0.25, 0.3) is 0 Å². The van der Waals surface area contributed by atoms with E-state index in [1.165, 1.54) is 18.2 Å². The zero-order chi connectivity index (χ0) is 14.3. The van der Waals surface area contributed by atoms with Gasteiger partial charge in [-0.25, -0.2) is 12.8 Å². The van der Waals surface area contributed by atoms with Gasteiger partial charge in [0, 0.05) is 13.1 Å². The molecule has 1 N–H and O–H groups in total. The van der Waals surface area contributed by atoms with Crippen molar-refractivity contribution in [1.82, 2.24) is 4.31 Å². The summed E-state index contributed by atoms with van der Waals surface area (Å²) in [5, 5.41) is 9.72. The first-order chi connectivity index (χ1) is 8.74. The van der Waals surface area contributed by atoms with Gasteiger partial charge in [-0.1, -0.05) is 17.7 Å². The zero-order valence-electron chi connectivity index (χ0n) is 10.4. The summed E-state index contributed by atoms with van der Waals surface area (Å²) in [6.45, 7) is 1.80.